The standard InChI is InChI=1S/C28H33NO9/c1-14(2)13-29-27(31)23-22(28(32)38-8)20(15-9-10-17(33-3)18(11-15)34-4)21-16(24(23)30)12-19(35-5)25(36-6)26(21)37-7/h9-12,14,30H,13H2,1-8H3,(H,29,31). The van der Waals surface area contributed by atoms with Crippen LogP contribution < -0.4 is 29.0 Å². The van der Waals surface area contributed by atoms with E-state index in [1.807, 2.05) is 13.8 Å². The Balaban J connectivity index is 2.65. The van der Waals surface area contributed by atoms with Gasteiger partial charge in [-0.3, -0.25) is 4.79 Å². The van der Waals surface area contributed by atoms with E-state index < -0.39 is 17.6 Å². The molecule has 0 fully saturated rings. The van der Waals surface area contributed by atoms with Crippen LogP contribution in [0.5, 0.6) is 34.5 Å². The zero-order valence-corrected chi connectivity index (χ0v) is 22.8. The van der Waals surface area contributed by atoms with Crippen molar-refractivity contribution in [2.45, 2.75) is 13.8 Å². The normalized spacial score (nSPS) is 10.8. The third-order valence-corrected chi connectivity index (χ3v) is 6.03. The molecule has 0 radical (unpaired) electrons. The number of aromatic hydroxyl groups is 1. The van der Waals surface area contributed by atoms with Gasteiger partial charge in [0.15, 0.2) is 23.0 Å². The van der Waals surface area contributed by atoms with Crippen LogP contribution >= 0.6 is 0 Å². The highest BCUT2D eigenvalue weighted by atomic mass is 16.5. The molecule has 0 aliphatic heterocycles. The van der Waals surface area contributed by atoms with Gasteiger partial charge in [-0.25, -0.2) is 4.79 Å². The Morgan fingerprint density at radius 2 is 1.45 bits per heavy atom. The van der Waals surface area contributed by atoms with Crippen molar-refractivity contribution < 1.29 is 43.1 Å². The predicted octanol–water partition coefficient (Wildman–Crippen LogP) is 4.43. The van der Waals surface area contributed by atoms with Gasteiger partial charge in [0, 0.05) is 22.9 Å². The molecule has 3 rings (SSSR count). The van der Waals surface area contributed by atoms with E-state index in [9.17, 15) is 14.7 Å². The van der Waals surface area contributed by atoms with Crippen molar-refractivity contribution in [2.24, 2.45) is 5.92 Å². The van der Waals surface area contributed by atoms with Gasteiger partial charge in [-0.05, 0) is 29.7 Å². The summed E-state index contributed by atoms with van der Waals surface area (Å²) in [6.45, 7) is 4.18. The smallest absolute Gasteiger partial charge is 0.339 e. The van der Waals surface area contributed by atoms with Crippen LogP contribution in [0.2, 0.25) is 0 Å². The molecule has 204 valence electrons. The quantitative estimate of drug-likeness (QED) is 0.369. The van der Waals surface area contributed by atoms with Gasteiger partial charge in [0.05, 0.1) is 53.8 Å². The summed E-state index contributed by atoms with van der Waals surface area (Å²) in [4.78, 5) is 26.8. The first-order chi connectivity index (χ1) is 18.2. The Morgan fingerprint density at radius 3 is 1.97 bits per heavy atom. The molecule has 0 aromatic heterocycles. The molecule has 0 atom stereocenters. The topological polar surface area (TPSA) is 122 Å². The number of esters is 1. The van der Waals surface area contributed by atoms with Crippen LogP contribution in [0, 0.1) is 5.92 Å². The summed E-state index contributed by atoms with van der Waals surface area (Å²) in [5, 5.41) is 14.8. The molecule has 0 spiro atoms. The number of nitrogens with one attached hydrogen (secondary N) is 1. The number of ether oxygens (including phenoxy) is 6. The minimum absolute atomic E-state index is 0.123. The maximum atomic E-state index is 13.5. The molecule has 0 aliphatic rings. The first-order valence-corrected chi connectivity index (χ1v) is 11.8. The molecule has 0 saturated carbocycles. The molecule has 10 heteroatoms. The Hall–Kier alpha value is -4.34. The highest BCUT2D eigenvalue weighted by molar-refractivity contribution is 6.21. The van der Waals surface area contributed by atoms with Crippen LogP contribution in [0.25, 0.3) is 21.9 Å². The highest BCUT2D eigenvalue weighted by Crippen LogP contribution is 2.52. The van der Waals surface area contributed by atoms with E-state index in [1.165, 1.54) is 48.7 Å². The van der Waals surface area contributed by atoms with Crippen LogP contribution in [-0.4, -0.2) is 66.2 Å². The summed E-state index contributed by atoms with van der Waals surface area (Å²) in [5.74, 6) is -0.287. The lowest BCUT2D eigenvalue weighted by molar-refractivity contribution is 0.0596. The summed E-state index contributed by atoms with van der Waals surface area (Å²) >= 11 is 0. The average Bonchev–Trinajstić information content (AvgIpc) is 2.93. The number of carbonyl (C=O) groups excluding carboxylic acids is 2. The van der Waals surface area contributed by atoms with E-state index in [0.29, 0.717) is 29.0 Å². The minimum Gasteiger partial charge on any atom is -0.506 e. The van der Waals surface area contributed by atoms with Crippen molar-refractivity contribution in [1.82, 2.24) is 5.32 Å². The molecule has 10 nitrogen and oxygen atoms in total. The zero-order chi connectivity index (χ0) is 28.1. The molecule has 2 N–H and O–H groups in total. The van der Waals surface area contributed by atoms with Crippen molar-refractivity contribution in [3.05, 3.63) is 35.4 Å². The molecule has 1 amide bonds. The van der Waals surface area contributed by atoms with Gasteiger partial charge in [-0.15, -0.1) is 0 Å². The lowest BCUT2D eigenvalue weighted by atomic mass is 9.87. The SMILES string of the molecule is COC(=O)c1c(C(=O)NCC(C)C)c(O)c2cc(OC)c(OC)c(OC)c2c1-c1ccc(OC)c(OC)c1. The second-order valence-corrected chi connectivity index (χ2v) is 8.71. The number of benzene rings is 3. The maximum absolute atomic E-state index is 13.5. The summed E-state index contributed by atoms with van der Waals surface area (Å²) in [5.41, 5.74) is 0.329. The largest absolute Gasteiger partial charge is 0.506 e. The molecule has 3 aromatic rings. The Kier molecular flexibility index (Phi) is 8.77. The van der Waals surface area contributed by atoms with Crippen molar-refractivity contribution in [3.8, 4) is 45.6 Å². The van der Waals surface area contributed by atoms with Crippen LogP contribution in [-0.2, 0) is 4.74 Å². The number of hydrogen-bond acceptors (Lipinski definition) is 9. The van der Waals surface area contributed by atoms with Crippen molar-refractivity contribution in [1.29, 1.82) is 0 Å². The number of hydrogen-bond donors (Lipinski definition) is 2. The van der Waals surface area contributed by atoms with Crippen molar-refractivity contribution in [2.75, 3.05) is 49.2 Å². The second-order valence-electron chi connectivity index (χ2n) is 8.71. The van der Waals surface area contributed by atoms with E-state index in [-0.39, 0.29) is 45.2 Å². The average molecular weight is 528 g/mol. The van der Waals surface area contributed by atoms with Crippen molar-refractivity contribution in [3.63, 3.8) is 0 Å². The van der Waals surface area contributed by atoms with Gasteiger partial charge in [0.1, 0.15) is 5.75 Å². The molecule has 0 unspecified atom stereocenters. The van der Waals surface area contributed by atoms with E-state index in [2.05, 4.69) is 5.32 Å². The molecular formula is C28H33NO9. The third kappa shape index (κ3) is 4.93. The minimum atomic E-state index is -0.835. The fourth-order valence-corrected chi connectivity index (χ4v) is 4.29. The van der Waals surface area contributed by atoms with Crippen LogP contribution in [0.3, 0.4) is 0 Å². The van der Waals surface area contributed by atoms with Gasteiger partial charge >= 0.3 is 5.97 Å². The molecule has 38 heavy (non-hydrogen) atoms. The summed E-state index contributed by atoms with van der Waals surface area (Å²) in [6.07, 6.45) is 0. The molecular weight excluding hydrogens is 494 g/mol. The molecule has 0 saturated heterocycles. The Morgan fingerprint density at radius 1 is 0.816 bits per heavy atom. The first-order valence-electron chi connectivity index (χ1n) is 11.8. The lowest BCUT2D eigenvalue weighted by Gasteiger charge is -2.23. The summed E-state index contributed by atoms with van der Waals surface area (Å²) in [7, 11) is 8.49. The van der Waals surface area contributed by atoms with Crippen LogP contribution in [0.15, 0.2) is 24.3 Å². The zero-order valence-electron chi connectivity index (χ0n) is 22.8. The number of carbonyl (C=O) groups is 2. The second kappa shape index (κ2) is 11.8. The van der Waals surface area contributed by atoms with Gasteiger partial charge in [0.2, 0.25) is 5.75 Å². The molecule has 0 heterocycles. The van der Waals surface area contributed by atoms with E-state index in [4.69, 9.17) is 28.4 Å². The third-order valence-electron chi connectivity index (χ3n) is 6.03. The monoisotopic (exact) mass is 527 g/mol. The first kappa shape index (κ1) is 28.2. The Bertz CT molecular complexity index is 1360. The van der Waals surface area contributed by atoms with Crippen LogP contribution in [0.1, 0.15) is 34.6 Å². The molecule has 0 bridgehead atoms. The predicted molar refractivity (Wildman–Crippen MR) is 142 cm³/mol. The van der Waals surface area contributed by atoms with Gasteiger partial charge in [-0.1, -0.05) is 19.9 Å². The number of fused-ring (bicyclic) bond motifs is 1. The van der Waals surface area contributed by atoms with Gasteiger partial charge in [0.25, 0.3) is 5.91 Å². The van der Waals surface area contributed by atoms with Gasteiger partial charge < -0.3 is 38.8 Å². The van der Waals surface area contributed by atoms with E-state index >= 15 is 0 Å². The number of methoxy groups -OCH3 is 6. The van der Waals surface area contributed by atoms with Crippen LogP contribution in [0.4, 0.5) is 0 Å². The highest BCUT2D eigenvalue weighted by Gasteiger charge is 2.33. The molecule has 3 aromatic carbocycles. The molecule has 0 aliphatic carbocycles. The maximum Gasteiger partial charge on any atom is 0.339 e. The van der Waals surface area contributed by atoms with E-state index in [0.717, 1.165) is 0 Å². The fourth-order valence-electron chi connectivity index (χ4n) is 4.29. The Labute approximate surface area is 221 Å². The number of phenolic OH excluding ortho intramolecular Hbond substituents is 1. The summed E-state index contributed by atoms with van der Waals surface area (Å²) in [6, 6.07) is 6.55. The van der Waals surface area contributed by atoms with Gasteiger partial charge in [-0.2, -0.15) is 0 Å². The van der Waals surface area contributed by atoms with Crippen molar-refractivity contribution >= 4 is 22.6 Å². The number of amides is 1. The van der Waals surface area contributed by atoms with E-state index in [1.54, 1.807) is 18.2 Å². The summed E-state index contributed by atoms with van der Waals surface area (Å²) < 4.78 is 32.8. The number of rotatable bonds is 10. The lowest BCUT2D eigenvalue weighted by Crippen LogP contribution is -2.29. The number of phenols is 1. The fraction of sp³-hybridized carbons (Fsp3) is 0.357.